The van der Waals surface area contributed by atoms with Crippen molar-refractivity contribution in [1.29, 1.82) is 0 Å². The van der Waals surface area contributed by atoms with Gasteiger partial charge in [-0.05, 0) is 23.8 Å². The Hall–Kier alpha value is -2.31. The monoisotopic (exact) mass is 349 g/mol. The number of halogens is 3. The van der Waals surface area contributed by atoms with Gasteiger partial charge in [-0.25, -0.2) is 13.8 Å². The molecule has 0 saturated heterocycles. The Morgan fingerprint density at radius 2 is 2.04 bits per heavy atom. The summed E-state index contributed by atoms with van der Waals surface area (Å²) in [7, 11) is 0. The van der Waals surface area contributed by atoms with Gasteiger partial charge in [-0.15, -0.1) is 0 Å². The maximum absolute atomic E-state index is 14.1. The van der Waals surface area contributed by atoms with Crippen LogP contribution < -0.4 is 0 Å². The van der Waals surface area contributed by atoms with E-state index in [9.17, 15) is 8.78 Å². The van der Waals surface area contributed by atoms with E-state index in [0.717, 1.165) is 11.6 Å². The molecule has 3 rings (SSSR count). The van der Waals surface area contributed by atoms with Crippen molar-refractivity contribution in [2.24, 2.45) is 0 Å². The minimum Gasteiger partial charge on any atom is -0.367 e. The van der Waals surface area contributed by atoms with Gasteiger partial charge in [0.15, 0.2) is 0 Å². The lowest BCUT2D eigenvalue weighted by Gasteiger charge is -2.19. The molecule has 2 aromatic carbocycles. The van der Waals surface area contributed by atoms with Crippen LogP contribution in [0.25, 0.3) is 0 Å². The van der Waals surface area contributed by atoms with Gasteiger partial charge in [0.1, 0.15) is 30.4 Å². The van der Waals surface area contributed by atoms with Crippen LogP contribution in [0.15, 0.2) is 55.1 Å². The lowest BCUT2D eigenvalue weighted by atomic mass is 10.1. The SMILES string of the molecule is Fc1ccc(C(Cn2cncn2)OCc2cccc(Cl)c2)c(F)c1. The molecular weight excluding hydrogens is 336 g/mol. The molecule has 7 heteroatoms. The molecule has 1 aromatic heterocycles. The molecule has 1 heterocycles. The summed E-state index contributed by atoms with van der Waals surface area (Å²) in [5.74, 6) is -1.29. The Bertz CT molecular complexity index is 811. The van der Waals surface area contributed by atoms with Crippen LogP contribution in [0.5, 0.6) is 0 Å². The third-order valence-corrected chi connectivity index (χ3v) is 3.70. The van der Waals surface area contributed by atoms with Crippen LogP contribution in [0.2, 0.25) is 5.02 Å². The first-order chi connectivity index (χ1) is 11.6. The first-order valence-electron chi connectivity index (χ1n) is 7.25. The number of rotatable bonds is 6. The molecule has 0 amide bonds. The highest BCUT2D eigenvalue weighted by molar-refractivity contribution is 6.30. The van der Waals surface area contributed by atoms with E-state index in [0.29, 0.717) is 5.02 Å². The predicted molar refractivity (Wildman–Crippen MR) is 85.4 cm³/mol. The van der Waals surface area contributed by atoms with Gasteiger partial charge in [0.2, 0.25) is 0 Å². The molecule has 0 aliphatic heterocycles. The molecule has 0 fully saturated rings. The summed E-state index contributed by atoms with van der Waals surface area (Å²) in [6.07, 6.45) is 2.25. The third-order valence-electron chi connectivity index (χ3n) is 3.47. The number of nitrogens with zero attached hydrogens (tertiary/aromatic N) is 3. The smallest absolute Gasteiger partial charge is 0.137 e. The van der Waals surface area contributed by atoms with Crippen LogP contribution in [-0.2, 0) is 17.9 Å². The van der Waals surface area contributed by atoms with E-state index in [-0.39, 0.29) is 18.7 Å². The van der Waals surface area contributed by atoms with E-state index in [4.69, 9.17) is 16.3 Å². The average Bonchev–Trinajstić information content (AvgIpc) is 3.05. The van der Waals surface area contributed by atoms with Gasteiger partial charge in [-0.2, -0.15) is 5.10 Å². The predicted octanol–water partition coefficient (Wildman–Crippen LogP) is 4.17. The van der Waals surface area contributed by atoms with Crippen LogP contribution in [0.4, 0.5) is 8.78 Å². The minimum atomic E-state index is -0.661. The van der Waals surface area contributed by atoms with Crippen LogP contribution in [0, 0.1) is 11.6 Å². The summed E-state index contributed by atoms with van der Waals surface area (Å²) in [6.45, 7) is 0.486. The molecule has 0 bridgehead atoms. The molecule has 0 N–H and O–H groups in total. The van der Waals surface area contributed by atoms with Gasteiger partial charge in [-0.1, -0.05) is 29.8 Å². The quantitative estimate of drug-likeness (QED) is 0.670. The lowest BCUT2D eigenvalue weighted by Crippen LogP contribution is -2.15. The third kappa shape index (κ3) is 4.15. The van der Waals surface area contributed by atoms with Gasteiger partial charge in [0.25, 0.3) is 0 Å². The number of hydrogen-bond acceptors (Lipinski definition) is 3. The largest absolute Gasteiger partial charge is 0.367 e. The average molecular weight is 350 g/mol. The van der Waals surface area contributed by atoms with Gasteiger partial charge >= 0.3 is 0 Å². The summed E-state index contributed by atoms with van der Waals surface area (Å²) in [5.41, 5.74) is 1.11. The number of hydrogen-bond donors (Lipinski definition) is 0. The Kier molecular flexibility index (Phi) is 5.17. The second-order valence-corrected chi connectivity index (χ2v) is 5.65. The van der Waals surface area contributed by atoms with Crippen molar-refractivity contribution in [2.45, 2.75) is 19.3 Å². The summed E-state index contributed by atoms with van der Waals surface area (Å²) >= 11 is 5.96. The normalized spacial score (nSPS) is 12.3. The number of benzene rings is 2. The molecule has 0 spiro atoms. The molecule has 0 aliphatic rings. The van der Waals surface area contributed by atoms with Gasteiger partial charge in [-0.3, -0.25) is 4.68 Å². The van der Waals surface area contributed by atoms with E-state index in [1.54, 1.807) is 12.1 Å². The Labute approximate surface area is 142 Å². The molecule has 1 atom stereocenters. The first-order valence-corrected chi connectivity index (χ1v) is 7.63. The van der Waals surface area contributed by atoms with Crippen LogP contribution in [0.1, 0.15) is 17.2 Å². The molecule has 3 aromatic rings. The highest BCUT2D eigenvalue weighted by Gasteiger charge is 2.18. The van der Waals surface area contributed by atoms with Gasteiger partial charge in [0.05, 0.1) is 13.2 Å². The highest BCUT2D eigenvalue weighted by Crippen LogP contribution is 2.25. The Morgan fingerprint density at radius 3 is 2.75 bits per heavy atom. The second kappa shape index (κ2) is 7.51. The molecule has 0 saturated carbocycles. The molecular formula is C17H14ClF2N3O. The molecule has 0 radical (unpaired) electrons. The zero-order valence-corrected chi connectivity index (χ0v) is 13.3. The summed E-state index contributed by atoms with van der Waals surface area (Å²) in [5, 5.41) is 4.60. The Morgan fingerprint density at radius 1 is 1.17 bits per heavy atom. The maximum atomic E-state index is 14.1. The summed E-state index contributed by atoms with van der Waals surface area (Å²) in [6, 6.07) is 10.6. The maximum Gasteiger partial charge on any atom is 0.137 e. The van der Waals surface area contributed by atoms with Crippen molar-refractivity contribution in [3.05, 3.63) is 82.9 Å². The zero-order chi connectivity index (χ0) is 16.9. The molecule has 0 aliphatic carbocycles. The van der Waals surface area contributed by atoms with Crippen molar-refractivity contribution < 1.29 is 13.5 Å². The number of aromatic nitrogens is 3. The van der Waals surface area contributed by atoms with Crippen LogP contribution in [0.3, 0.4) is 0 Å². The van der Waals surface area contributed by atoms with Crippen molar-refractivity contribution in [3.8, 4) is 0 Å². The van der Waals surface area contributed by atoms with E-state index in [2.05, 4.69) is 10.1 Å². The topological polar surface area (TPSA) is 39.9 Å². The Balaban J connectivity index is 1.81. The van der Waals surface area contributed by atoms with E-state index in [1.165, 1.54) is 29.5 Å². The van der Waals surface area contributed by atoms with Crippen LogP contribution in [-0.4, -0.2) is 14.8 Å². The van der Waals surface area contributed by atoms with E-state index in [1.807, 2.05) is 12.1 Å². The van der Waals surface area contributed by atoms with Crippen molar-refractivity contribution in [1.82, 2.24) is 14.8 Å². The van der Waals surface area contributed by atoms with Crippen molar-refractivity contribution in [2.75, 3.05) is 0 Å². The fourth-order valence-corrected chi connectivity index (χ4v) is 2.54. The fourth-order valence-electron chi connectivity index (χ4n) is 2.32. The van der Waals surface area contributed by atoms with Gasteiger partial charge in [0, 0.05) is 16.7 Å². The standard InChI is InChI=1S/C17H14ClF2N3O/c18-13-3-1-2-12(6-13)9-24-17(8-23-11-21-10-22-23)15-5-4-14(19)7-16(15)20/h1-7,10-11,17H,8-9H2. The molecule has 1 unspecified atom stereocenters. The fraction of sp³-hybridized carbons (Fsp3) is 0.176. The summed E-state index contributed by atoms with van der Waals surface area (Å²) < 4.78 is 34.7. The lowest BCUT2D eigenvalue weighted by molar-refractivity contribution is 0.0233. The van der Waals surface area contributed by atoms with Gasteiger partial charge < -0.3 is 4.74 Å². The van der Waals surface area contributed by atoms with E-state index >= 15 is 0 Å². The summed E-state index contributed by atoms with van der Waals surface area (Å²) in [4.78, 5) is 3.86. The van der Waals surface area contributed by atoms with Crippen molar-refractivity contribution in [3.63, 3.8) is 0 Å². The van der Waals surface area contributed by atoms with Crippen LogP contribution >= 0.6 is 11.6 Å². The zero-order valence-electron chi connectivity index (χ0n) is 12.6. The molecule has 24 heavy (non-hydrogen) atoms. The minimum absolute atomic E-state index is 0.233. The van der Waals surface area contributed by atoms with E-state index < -0.39 is 17.7 Å². The first kappa shape index (κ1) is 16.5. The second-order valence-electron chi connectivity index (χ2n) is 5.21. The number of ether oxygens (including phenoxy) is 1. The molecule has 124 valence electrons. The van der Waals surface area contributed by atoms with Crippen molar-refractivity contribution >= 4 is 11.6 Å². The highest BCUT2D eigenvalue weighted by atomic mass is 35.5. The molecule has 4 nitrogen and oxygen atoms in total.